The van der Waals surface area contributed by atoms with Crippen molar-refractivity contribution in [2.75, 3.05) is 0 Å². The highest BCUT2D eigenvalue weighted by atomic mass is 19.1. The quantitative estimate of drug-likeness (QED) is 0.939. The van der Waals surface area contributed by atoms with E-state index in [4.69, 9.17) is 0 Å². The summed E-state index contributed by atoms with van der Waals surface area (Å²) in [5.41, 5.74) is 1.93. The smallest absolute Gasteiger partial charge is 0.250 e. The first-order chi connectivity index (χ1) is 10.3. The van der Waals surface area contributed by atoms with Crippen molar-refractivity contribution in [3.05, 3.63) is 69.9 Å². The predicted molar refractivity (Wildman–Crippen MR) is 87.1 cm³/mol. The van der Waals surface area contributed by atoms with Gasteiger partial charge in [-0.2, -0.15) is 0 Å². The molecule has 0 fully saturated rings. The summed E-state index contributed by atoms with van der Waals surface area (Å²) >= 11 is 0. The van der Waals surface area contributed by atoms with Crippen molar-refractivity contribution in [2.24, 2.45) is 12.5 Å². The summed E-state index contributed by atoms with van der Waals surface area (Å²) in [4.78, 5) is 11.7. The van der Waals surface area contributed by atoms with E-state index < -0.39 is 0 Å². The van der Waals surface area contributed by atoms with Gasteiger partial charge in [-0.25, -0.2) is 4.39 Å². The fraction of sp³-hybridized carbons (Fsp3) is 0.389. The summed E-state index contributed by atoms with van der Waals surface area (Å²) < 4.78 is 14.7. The molecule has 1 aromatic carbocycles. The molecule has 2 aromatic rings. The van der Waals surface area contributed by atoms with Crippen LogP contribution in [0.15, 0.2) is 47.4 Å². The van der Waals surface area contributed by atoms with Crippen LogP contribution in [0.4, 0.5) is 4.39 Å². The highest BCUT2D eigenvalue weighted by Crippen LogP contribution is 2.33. The zero-order valence-corrected chi connectivity index (χ0v) is 13.6. The average molecular weight is 302 g/mol. The lowest BCUT2D eigenvalue weighted by molar-refractivity contribution is 0.271. The molecule has 2 rings (SSSR count). The topological polar surface area (TPSA) is 34.0 Å². The number of pyridine rings is 1. The summed E-state index contributed by atoms with van der Waals surface area (Å²) in [6.07, 6.45) is 1.77. The Labute approximate surface area is 130 Å². The molecule has 0 spiro atoms. The van der Waals surface area contributed by atoms with Gasteiger partial charge >= 0.3 is 0 Å². The second-order valence-corrected chi connectivity index (χ2v) is 6.72. The molecule has 0 aliphatic heterocycles. The summed E-state index contributed by atoms with van der Waals surface area (Å²) in [5, 5.41) is 3.49. The number of rotatable bonds is 4. The van der Waals surface area contributed by atoms with Crippen LogP contribution in [0, 0.1) is 11.2 Å². The number of nitrogens with one attached hydrogen (secondary N) is 1. The van der Waals surface area contributed by atoms with Crippen molar-refractivity contribution in [1.29, 1.82) is 0 Å². The third-order valence-electron chi connectivity index (χ3n) is 3.75. The molecule has 1 unspecified atom stereocenters. The van der Waals surface area contributed by atoms with Gasteiger partial charge in [-0.3, -0.25) is 4.79 Å². The predicted octanol–water partition coefficient (Wildman–Crippen LogP) is 3.40. The Hall–Kier alpha value is -1.94. The third-order valence-corrected chi connectivity index (χ3v) is 3.75. The number of aromatic nitrogens is 1. The van der Waals surface area contributed by atoms with Gasteiger partial charge < -0.3 is 9.88 Å². The fourth-order valence-electron chi connectivity index (χ4n) is 2.50. The number of nitrogens with zero attached hydrogens (tertiary/aromatic N) is 1. The minimum Gasteiger partial charge on any atom is -0.319 e. The molecule has 0 saturated carbocycles. The van der Waals surface area contributed by atoms with Gasteiger partial charge in [-0.15, -0.1) is 0 Å². The molecular weight excluding hydrogens is 279 g/mol. The van der Waals surface area contributed by atoms with E-state index in [0.29, 0.717) is 6.54 Å². The van der Waals surface area contributed by atoms with Crippen LogP contribution in [0.1, 0.15) is 37.9 Å². The molecule has 0 radical (unpaired) electrons. The van der Waals surface area contributed by atoms with Crippen molar-refractivity contribution in [3.63, 3.8) is 0 Å². The zero-order valence-electron chi connectivity index (χ0n) is 13.6. The van der Waals surface area contributed by atoms with Crippen LogP contribution >= 0.6 is 0 Å². The Morgan fingerprint density at radius 1 is 1.18 bits per heavy atom. The molecule has 22 heavy (non-hydrogen) atoms. The van der Waals surface area contributed by atoms with Crippen molar-refractivity contribution in [2.45, 2.75) is 33.4 Å². The van der Waals surface area contributed by atoms with Crippen molar-refractivity contribution < 1.29 is 4.39 Å². The molecule has 4 heteroatoms. The molecular formula is C18H23FN2O. The Bertz CT molecular complexity index is 683. The van der Waals surface area contributed by atoms with Gasteiger partial charge in [0.05, 0.1) is 0 Å². The Balaban J connectivity index is 2.19. The van der Waals surface area contributed by atoms with Crippen LogP contribution in [0.25, 0.3) is 0 Å². The highest BCUT2D eigenvalue weighted by molar-refractivity contribution is 5.22. The molecule has 0 saturated heterocycles. The first-order valence-corrected chi connectivity index (χ1v) is 7.42. The second kappa shape index (κ2) is 6.44. The van der Waals surface area contributed by atoms with Crippen LogP contribution in [-0.2, 0) is 13.6 Å². The molecule has 3 nitrogen and oxygen atoms in total. The van der Waals surface area contributed by atoms with Crippen LogP contribution in [-0.4, -0.2) is 4.57 Å². The van der Waals surface area contributed by atoms with Gasteiger partial charge in [0.2, 0.25) is 0 Å². The summed E-state index contributed by atoms with van der Waals surface area (Å²) in [6.45, 7) is 7.00. The van der Waals surface area contributed by atoms with Crippen molar-refractivity contribution in [1.82, 2.24) is 9.88 Å². The van der Waals surface area contributed by atoms with E-state index in [1.807, 2.05) is 18.2 Å². The van der Waals surface area contributed by atoms with Crippen molar-refractivity contribution >= 4 is 0 Å². The molecule has 0 aliphatic rings. The van der Waals surface area contributed by atoms with Crippen LogP contribution in [0.3, 0.4) is 0 Å². The van der Waals surface area contributed by atoms with Crippen molar-refractivity contribution in [3.8, 4) is 0 Å². The van der Waals surface area contributed by atoms with E-state index >= 15 is 0 Å². The average Bonchev–Trinajstić information content (AvgIpc) is 2.43. The summed E-state index contributed by atoms with van der Waals surface area (Å²) in [6, 6.07) is 10.2. The standard InChI is InChI=1S/C18H23FN2O/c1-18(2,3)17(14-5-7-15(19)8-6-14)20-12-13-9-10-21(4)16(22)11-13/h5-11,17,20H,12H2,1-4H3. The Kier molecular flexibility index (Phi) is 4.81. The molecule has 0 bridgehead atoms. The maximum absolute atomic E-state index is 13.1. The first kappa shape index (κ1) is 16.4. The van der Waals surface area contributed by atoms with Gasteiger partial charge in [-0.1, -0.05) is 32.9 Å². The van der Waals surface area contributed by atoms with E-state index in [9.17, 15) is 9.18 Å². The van der Waals surface area contributed by atoms with E-state index in [1.165, 1.54) is 12.1 Å². The third kappa shape index (κ3) is 4.04. The summed E-state index contributed by atoms with van der Waals surface area (Å²) in [7, 11) is 1.73. The van der Waals surface area contributed by atoms with Gasteiger partial charge in [0, 0.05) is 31.9 Å². The van der Waals surface area contributed by atoms with Gasteiger partial charge in [0.15, 0.2) is 0 Å². The number of benzene rings is 1. The van der Waals surface area contributed by atoms with Crippen LogP contribution in [0.2, 0.25) is 0 Å². The Morgan fingerprint density at radius 3 is 2.36 bits per heavy atom. The number of hydrogen-bond acceptors (Lipinski definition) is 2. The number of halogens is 1. The second-order valence-electron chi connectivity index (χ2n) is 6.72. The van der Waals surface area contributed by atoms with Crippen LogP contribution in [0.5, 0.6) is 0 Å². The lowest BCUT2D eigenvalue weighted by Crippen LogP contribution is -2.32. The summed E-state index contributed by atoms with van der Waals surface area (Å²) in [5.74, 6) is -0.233. The maximum Gasteiger partial charge on any atom is 0.250 e. The largest absolute Gasteiger partial charge is 0.319 e. The lowest BCUT2D eigenvalue weighted by Gasteiger charge is -2.32. The van der Waals surface area contributed by atoms with Gasteiger partial charge in [0.25, 0.3) is 5.56 Å². The number of hydrogen-bond donors (Lipinski definition) is 1. The Morgan fingerprint density at radius 2 is 1.82 bits per heavy atom. The first-order valence-electron chi connectivity index (χ1n) is 7.42. The lowest BCUT2D eigenvalue weighted by atomic mass is 9.82. The van der Waals surface area contributed by atoms with E-state index in [1.54, 1.807) is 23.9 Å². The van der Waals surface area contributed by atoms with E-state index in [-0.39, 0.29) is 22.8 Å². The molecule has 1 heterocycles. The number of aryl methyl sites for hydroxylation is 1. The fourth-order valence-corrected chi connectivity index (χ4v) is 2.50. The molecule has 1 N–H and O–H groups in total. The molecule has 1 aromatic heterocycles. The molecule has 0 amide bonds. The minimum atomic E-state index is -0.233. The van der Waals surface area contributed by atoms with Crippen LogP contribution < -0.4 is 10.9 Å². The normalized spacial score (nSPS) is 13.1. The monoisotopic (exact) mass is 302 g/mol. The maximum atomic E-state index is 13.1. The zero-order chi connectivity index (χ0) is 16.3. The minimum absolute atomic E-state index is 0.0200. The van der Waals surface area contributed by atoms with E-state index in [2.05, 4.69) is 26.1 Å². The molecule has 0 aliphatic carbocycles. The molecule has 118 valence electrons. The van der Waals surface area contributed by atoms with Gasteiger partial charge in [-0.05, 0) is 34.7 Å². The SMILES string of the molecule is Cn1ccc(CNC(c2ccc(F)cc2)C(C)(C)C)cc1=O. The molecule has 1 atom stereocenters. The van der Waals surface area contributed by atoms with Gasteiger partial charge in [0.1, 0.15) is 5.82 Å². The van der Waals surface area contributed by atoms with E-state index in [0.717, 1.165) is 11.1 Å². The highest BCUT2D eigenvalue weighted by Gasteiger charge is 2.25.